The SMILES string of the molecule is O=COCCC(C(=O)O)N1CCN(C(CCC(=O)O)C(=O)O)CCN(C(CCC(=O)O)C(=O)O)Cc2cccc(n2)C1.[Gd+3]. The molecule has 3 unspecified atom stereocenters. The van der Waals surface area contributed by atoms with Crippen LogP contribution >= 0.6 is 0 Å². The predicted molar refractivity (Wildman–Crippen MR) is 141 cm³/mol. The number of carbonyl (C=O) groups excluding carboxylic acids is 1. The number of carboxylic acids is 5. The third kappa shape index (κ3) is 13.1. The second-order valence-electron chi connectivity index (χ2n) is 9.78. The van der Waals surface area contributed by atoms with Crippen LogP contribution in [0.25, 0.3) is 0 Å². The number of nitrogens with zero attached hydrogens (tertiary/aromatic N) is 4. The first-order valence-corrected chi connectivity index (χ1v) is 13.3. The van der Waals surface area contributed by atoms with E-state index in [0.717, 1.165) is 0 Å². The van der Waals surface area contributed by atoms with Crippen LogP contribution in [0.5, 0.6) is 0 Å². The number of aromatic nitrogens is 1. The van der Waals surface area contributed by atoms with Crippen LogP contribution in [-0.4, -0.2) is 132 Å². The Labute approximate surface area is 279 Å². The van der Waals surface area contributed by atoms with Crippen LogP contribution in [0.2, 0.25) is 0 Å². The molecular weight excluding hydrogens is 718 g/mol. The fourth-order valence-electron chi connectivity index (χ4n) is 4.88. The Kier molecular flexibility index (Phi) is 17.3. The van der Waals surface area contributed by atoms with Crippen LogP contribution in [0.3, 0.4) is 0 Å². The predicted octanol–water partition coefficient (Wildman–Crippen LogP) is -0.346. The summed E-state index contributed by atoms with van der Waals surface area (Å²) >= 11 is 0. The second-order valence-corrected chi connectivity index (χ2v) is 9.78. The van der Waals surface area contributed by atoms with E-state index in [0.29, 0.717) is 11.4 Å². The molecule has 1 aliphatic rings. The van der Waals surface area contributed by atoms with Crippen molar-refractivity contribution in [3.63, 3.8) is 0 Å². The van der Waals surface area contributed by atoms with Crippen molar-refractivity contribution in [2.45, 2.75) is 63.3 Å². The maximum Gasteiger partial charge on any atom is 3.00 e. The van der Waals surface area contributed by atoms with Crippen LogP contribution in [0.4, 0.5) is 0 Å². The number of ether oxygens (including phenoxy) is 1. The van der Waals surface area contributed by atoms with E-state index < -0.39 is 60.8 Å². The van der Waals surface area contributed by atoms with Crippen LogP contribution in [0, 0.1) is 39.9 Å². The summed E-state index contributed by atoms with van der Waals surface area (Å²) in [6, 6.07) is 1.32. The molecule has 0 aliphatic carbocycles. The first-order chi connectivity index (χ1) is 19.9. The molecule has 0 aromatic carbocycles. The van der Waals surface area contributed by atoms with E-state index >= 15 is 0 Å². The summed E-state index contributed by atoms with van der Waals surface area (Å²) in [6.07, 6.45) is -1.41. The van der Waals surface area contributed by atoms with E-state index in [1.54, 1.807) is 23.1 Å². The van der Waals surface area contributed by atoms with E-state index in [1.807, 2.05) is 0 Å². The smallest absolute Gasteiger partial charge is 0.481 e. The maximum atomic E-state index is 12.2. The molecule has 0 spiro atoms. The quantitative estimate of drug-likeness (QED) is 0.107. The number of carboxylic acid groups (broad SMARTS) is 5. The van der Waals surface area contributed by atoms with Crippen LogP contribution in [0.15, 0.2) is 18.2 Å². The Morgan fingerprint density at radius 2 is 1.12 bits per heavy atom. The number of carbonyl (C=O) groups is 6. The molecule has 2 rings (SSSR count). The zero-order chi connectivity index (χ0) is 31.2. The van der Waals surface area contributed by atoms with Gasteiger partial charge in [-0.1, -0.05) is 6.07 Å². The average molecular weight is 754 g/mol. The van der Waals surface area contributed by atoms with Gasteiger partial charge in [-0.05, 0) is 25.0 Å². The van der Waals surface area contributed by atoms with Crippen molar-refractivity contribution >= 4 is 36.3 Å². The van der Waals surface area contributed by atoms with Gasteiger partial charge in [-0.2, -0.15) is 0 Å². The summed E-state index contributed by atoms with van der Waals surface area (Å²) in [6.45, 7) is -0.102. The zero-order valence-electron chi connectivity index (χ0n) is 23.3. The third-order valence-electron chi connectivity index (χ3n) is 6.96. The zero-order valence-corrected chi connectivity index (χ0v) is 25.5. The Hall–Kier alpha value is -2.83. The maximum absolute atomic E-state index is 12.2. The number of pyridine rings is 1. The molecule has 3 atom stereocenters. The molecule has 1 aromatic rings. The molecule has 0 amide bonds. The number of hydrogen-bond acceptors (Lipinski definition) is 11. The number of hydrogen-bond donors (Lipinski definition) is 5. The normalized spacial score (nSPS) is 17.1. The Balaban J connectivity index is 0.00000924. The van der Waals surface area contributed by atoms with Gasteiger partial charge in [0.2, 0.25) is 0 Å². The molecule has 1 aromatic heterocycles. The minimum atomic E-state index is -1.30. The molecule has 237 valence electrons. The molecule has 0 saturated heterocycles. The van der Waals surface area contributed by atoms with Crippen molar-refractivity contribution in [1.82, 2.24) is 19.7 Å². The molecule has 5 N–H and O–H groups in total. The van der Waals surface area contributed by atoms with Crippen molar-refractivity contribution < 1.29 is 99.0 Å². The molecule has 16 nitrogen and oxygen atoms in total. The number of aliphatic carboxylic acids is 5. The Bertz CT molecular complexity index is 1120. The van der Waals surface area contributed by atoms with Gasteiger partial charge in [-0.3, -0.25) is 48.5 Å². The number of fused-ring (bicyclic) bond motifs is 2. The number of rotatable bonds is 16. The summed E-state index contributed by atoms with van der Waals surface area (Å²) in [7, 11) is 0. The van der Waals surface area contributed by atoms with Gasteiger partial charge in [0.05, 0.1) is 18.0 Å². The van der Waals surface area contributed by atoms with Gasteiger partial charge in [0.1, 0.15) is 18.1 Å². The van der Waals surface area contributed by atoms with E-state index in [9.17, 15) is 49.2 Å². The van der Waals surface area contributed by atoms with Crippen molar-refractivity contribution in [3.05, 3.63) is 29.6 Å². The van der Waals surface area contributed by atoms with E-state index in [1.165, 1.54) is 9.80 Å². The Morgan fingerprint density at radius 1 is 0.721 bits per heavy atom. The van der Waals surface area contributed by atoms with Crippen LogP contribution in [-0.2, 0) is 46.6 Å². The fourth-order valence-corrected chi connectivity index (χ4v) is 4.88. The standard InChI is InChI=1S/C26H36N4O12.Gd/c31-16-42-13-8-21(26(40)41)30-12-10-28(19(24(36)37)4-6-22(32)33)9-11-29(20(25(38)39)5-7-23(34)35)14-17-2-1-3-18(15-30)27-17;/h1-3,16,19-21H,4-15H2,(H,32,33)(H,34,35)(H,36,37)(H,38,39)(H,40,41);/q;+3. The molecule has 0 saturated carbocycles. The average Bonchev–Trinajstić information content (AvgIpc) is 2.90. The summed E-state index contributed by atoms with van der Waals surface area (Å²) < 4.78 is 4.70. The minimum Gasteiger partial charge on any atom is -0.481 e. The molecule has 2 heterocycles. The van der Waals surface area contributed by atoms with Gasteiger partial charge >= 0.3 is 69.8 Å². The molecule has 43 heavy (non-hydrogen) atoms. The first-order valence-electron chi connectivity index (χ1n) is 13.3. The molecule has 2 bridgehead atoms. The second kappa shape index (κ2) is 19.5. The molecule has 1 radical (unpaired) electrons. The summed E-state index contributed by atoms with van der Waals surface area (Å²) in [5.74, 6) is -6.15. The van der Waals surface area contributed by atoms with Gasteiger partial charge in [0.15, 0.2) is 0 Å². The van der Waals surface area contributed by atoms with E-state index in [2.05, 4.69) is 4.98 Å². The first kappa shape index (κ1) is 38.2. The van der Waals surface area contributed by atoms with E-state index in [4.69, 9.17) is 9.84 Å². The van der Waals surface area contributed by atoms with Crippen LogP contribution in [0.1, 0.15) is 43.5 Å². The van der Waals surface area contributed by atoms with Crippen molar-refractivity contribution in [2.24, 2.45) is 0 Å². The van der Waals surface area contributed by atoms with Gasteiger partial charge in [0, 0.05) is 58.5 Å². The van der Waals surface area contributed by atoms with Gasteiger partial charge in [-0.15, -0.1) is 0 Å². The fraction of sp³-hybridized carbons (Fsp3) is 0.577. The van der Waals surface area contributed by atoms with Crippen LogP contribution < -0.4 is 0 Å². The molecule has 0 fully saturated rings. The van der Waals surface area contributed by atoms with Gasteiger partial charge in [-0.25, -0.2) is 0 Å². The Morgan fingerprint density at radius 3 is 1.51 bits per heavy atom. The third-order valence-corrected chi connectivity index (χ3v) is 6.96. The van der Waals surface area contributed by atoms with Gasteiger partial charge in [0.25, 0.3) is 6.47 Å². The monoisotopic (exact) mass is 754 g/mol. The van der Waals surface area contributed by atoms with Crippen molar-refractivity contribution in [1.29, 1.82) is 0 Å². The summed E-state index contributed by atoms with van der Waals surface area (Å²) in [4.78, 5) is 78.8. The minimum absolute atomic E-state index is 0. The van der Waals surface area contributed by atoms with Gasteiger partial charge < -0.3 is 30.3 Å². The van der Waals surface area contributed by atoms with Crippen molar-refractivity contribution in [3.8, 4) is 0 Å². The molecular formula is C26H36GdN4O12+3. The van der Waals surface area contributed by atoms with Crippen molar-refractivity contribution in [2.75, 3.05) is 32.8 Å². The molecule has 1 aliphatic heterocycles. The summed E-state index contributed by atoms with van der Waals surface area (Å²) in [5.41, 5.74) is 0.873. The molecule has 17 heteroatoms. The van der Waals surface area contributed by atoms with E-state index in [-0.39, 0.29) is 112 Å². The topological polar surface area (TPSA) is 235 Å². The largest absolute Gasteiger partial charge is 3.00 e. The summed E-state index contributed by atoms with van der Waals surface area (Å²) in [5, 5.41) is 48.2.